The third-order valence-corrected chi connectivity index (χ3v) is 2.92. The van der Waals surface area contributed by atoms with E-state index in [2.05, 4.69) is 0 Å². The van der Waals surface area contributed by atoms with E-state index in [1.807, 2.05) is 37.3 Å². The Kier molecular flexibility index (Phi) is 5.13. The van der Waals surface area contributed by atoms with Crippen molar-refractivity contribution in [2.45, 2.75) is 38.4 Å². The van der Waals surface area contributed by atoms with Crippen LogP contribution in [0.5, 0.6) is 0 Å². The lowest BCUT2D eigenvalue weighted by molar-refractivity contribution is -0.0978. The van der Waals surface area contributed by atoms with Gasteiger partial charge < -0.3 is 19.3 Å². The Bertz CT molecular complexity index is 341. The number of benzene rings is 1. The van der Waals surface area contributed by atoms with Crippen LogP contribution >= 0.6 is 0 Å². The second-order valence-electron chi connectivity index (χ2n) is 4.55. The van der Waals surface area contributed by atoms with Crippen LogP contribution in [0.25, 0.3) is 0 Å². The molecule has 0 radical (unpaired) electrons. The van der Waals surface area contributed by atoms with Crippen LogP contribution in [0, 0.1) is 0 Å². The first-order valence-corrected chi connectivity index (χ1v) is 6.31. The Morgan fingerprint density at radius 2 is 2.17 bits per heavy atom. The predicted molar refractivity (Wildman–Crippen MR) is 67.0 cm³/mol. The molecule has 0 amide bonds. The second-order valence-corrected chi connectivity index (χ2v) is 4.55. The lowest BCUT2D eigenvalue weighted by Gasteiger charge is -2.17. The first-order valence-electron chi connectivity index (χ1n) is 6.31. The van der Waals surface area contributed by atoms with Crippen molar-refractivity contribution in [2.75, 3.05) is 13.2 Å². The summed E-state index contributed by atoms with van der Waals surface area (Å²) >= 11 is 0. The molecule has 0 aliphatic carbocycles. The highest BCUT2D eigenvalue weighted by molar-refractivity contribution is 5.13. The highest BCUT2D eigenvalue weighted by Crippen LogP contribution is 2.17. The summed E-state index contributed by atoms with van der Waals surface area (Å²) in [6, 6.07) is 10.1. The summed E-state index contributed by atoms with van der Waals surface area (Å²) in [7, 11) is 0. The molecule has 1 N–H and O–H groups in total. The number of aliphatic hydroxyl groups is 1. The van der Waals surface area contributed by atoms with Crippen LogP contribution in [-0.4, -0.2) is 36.8 Å². The van der Waals surface area contributed by atoms with E-state index in [4.69, 9.17) is 19.3 Å². The van der Waals surface area contributed by atoms with E-state index in [9.17, 15) is 0 Å². The monoisotopic (exact) mass is 252 g/mol. The molecule has 0 spiro atoms. The van der Waals surface area contributed by atoms with Crippen molar-refractivity contribution in [2.24, 2.45) is 0 Å². The van der Waals surface area contributed by atoms with E-state index in [-0.39, 0.29) is 25.1 Å². The van der Waals surface area contributed by atoms with E-state index in [0.29, 0.717) is 19.6 Å². The van der Waals surface area contributed by atoms with Crippen molar-refractivity contribution in [1.29, 1.82) is 0 Å². The summed E-state index contributed by atoms with van der Waals surface area (Å²) in [5.41, 5.74) is 1.16. The van der Waals surface area contributed by atoms with Crippen molar-refractivity contribution in [3.8, 4) is 0 Å². The lowest BCUT2D eigenvalue weighted by Crippen LogP contribution is -2.21. The first kappa shape index (κ1) is 13.5. The number of aliphatic hydroxyl groups excluding tert-OH is 1. The minimum atomic E-state index is -0.257. The van der Waals surface area contributed by atoms with E-state index in [1.54, 1.807) is 0 Å². The molecule has 4 nitrogen and oxygen atoms in total. The highest BCUT2D eigenvalue weighted by atomic mass is 16.7. The van der Waals surface area contributed by atoms with Gasteiger partial charge in [-0.3, -0.25) is 0 Å². The molecule has 3 atom stereocenters. The smallest absolute Gasteiger partial charge is 0.160 e. The van der Waals surface area contributed by atoms with Gasteiger partial charge in [-0.15, -0.1) is 0 Å². The van der Waals surface area contributed by atoms with E-state index in [1.165, 1.54) is 0 Å². The van der Waals surface area contributed by atoms with Crippen molar-refractivity contribution in [1.82, 2.24) is 0 Å². The van der Waals surface area contributed by atoms with Crippen molar-refractivity contribution in [3.63, 3.8) is 0 Å². The van der Waals surface area contributed by atoms with Crippen LogP contribution in [0.15, 0.2) is 30.3 Å². The van der Waals surface area contributed by atoms with Crippen molar-refractivity contribution >= 4 is 0 Å². The summed E-state index contributed by atoms with van der Waals surface area (Å²) in [6.45, 7) is 3.07. The Hall–Kier alpha value is -0.940. The normalized spacial score (nSPS) is 25.2. The van der Waals surface area contributed by atoms with Crippen LogP contribution in [0.1, 0.15) is 18.9 Å². The van der Waals surface area contributed by atoms with E-state index < -0.39 is 0 Å². The maximum absolute atomic E-state index is 8.93. The Morgan fingerprint density at radius 3 is 2.83 bits per heavy atom. The molecule has 0 saturated carbocycles. The molecule has 1 unspecified atom stereocenters. The van der Waals surface area contributed by atoms with Crippen LogP contribution in [0.4, 0.5) is 0 Å². The van der Waals surface area contributed by atoms with Gasteiger partial charge in [0.15, 0.2) is 6.29 Å². The van der Waals surface area contributed by atoms with Crippen LogP contribution in [0.2, 0.25) is 0 Å². The summed E-state index contributed by atoms with van der Waals surface area (Å²) in [4.78, 5) is 0. The molecular formula is C14H20O4. The fourth-order valence-corrected chi connectivity index (χ4v) is 1.88. The molecule has 1 aliphatic rings. The van der Waals surface area contributed by atoms with Gasteiger partial charge in [-0.1, -0.05) is 30.3 Å². The fraction of sp³-hybridized carbons (Fsp3) is 0.571. The molecule has 1 saturated heterocycles. The standard InChI is InChI=1S/C14H20O4/c1-11(7-14-17-10-13(8-15)18-14)16-9-12-5-3-2-4-6-12/h2-6,11,13-15H,7-10H2,1H3/t11?,13-,14+/m1/s1. The minimum Gasteiger partial charge on any atom is -0.394 e. The van der Waals surface area contributed by atoms with Gasteiger partial charge in [-0.05, 0) is 12.5 Å². The van der Waals surface area contributed by atoms with Gasteiger partial charge >= 0.3 is 0 Å². The maximum atomic E-state index is 8.93. The highest BCUT2D eigenvalue weighted by Gasteiger charge is 2.26. The molecule has 1 fully saturated rings. The third-order valence-electron chi connectivity index (χ3n) is 2.92. The molecular weight excluding hydrogens is 232 g/mol. The first-order chi connectivity index (χ1) is 8.78. The van der Waals surface area contributed by atoms with Crippen molar-refractivity contribution < 1.29 is 19.3 Å². The van der Waals surface area contributed by atoms with Crippen LogP contribution < -0.4 is 0 Å². The number of rotatable bonds is 6. The summed E-state index contributed by atoms with van der Waals surface area (Å²) in [6.07, 6.45) is 0.306. The fourth-order valence-electron chi connectivity index (χ4n) is 1.88. The topological polar surface area (TPSA) is 47.9 Å². The van der Waals surface area contributed by atoms with E-state index >= 15 is 0 Å². The predicted octanol–water partition coefficient (Wildman–Crippen LogP) is 1.72. The van der Waals surface area contributed by atoms with Crippen molar-refractivity contribution in [3.05, 3.63) is 35.9 Å². The van der Waals surface area contributed by atoms with Gasteiger partial charge in [0.1, 0.15) is 6.10 Å². The third kappa shape index (κ3) is 4.07. The summed E-state index contributed by atoms with van der Waals surface area (Å²) in [5, 5.41) is 8.93. The number of hydrogen-bond donors (Lipinski definition) is 1. The van der Waals surface area contributed by atoms with Gasteiger partial charge in [0.25, 0.3) is 0 Å². The zero-order chi connectivity index (χ0) is 12.8. The number of ether oxygens (including phenoxy) is 3. The van der Waals surface area contributed by atoms with E-state index in [0.717, 1.165) is 5.56 Å². The van der Waals surface area contributed by atoms with Gasteiger partial charge in [-0.25, -0.2) is 0 Å². The molecule has 0 bridgehead atoms. The van der Waals surface area contributed by atoms with Crippen LogP contribution in [0.3, 0.4) is 0 Å². The molecule has 1 heterocycles. The SMILES string of the molecule is CC(C[C@H]1OC[C@@H](CO)O1)OCc1ccccc1. The Balaban J connectivity index is 1.68. The quantitative estimate of drug-likeness (QED) is 0.837. The zero-order valence-electron chi connectivity index (χ0n) is 10.6. The molecule has 2 rings (SSSR count). The Labute approximate surface area is 107 Å². The molecule has 0 aromatic heterocycles. The molecule has 1 aliphatic heterocycles. The molecule has 18 heavy (non-hydrogen) atoms. The van der Waals surface area contributed by atoms with Gasteiger partial charge in [-0.2, -0.15) is 0 Å². The average molecular weight is 252 g/mol. The average Bonchev–Trinajstić information content (AvgIpc) is 2.85. The molecule has 100 valence electrons. The van der Waals surface area contributed by atoms with Crippen LogP contribution in [-0.2, 0) is 20.8 Å². The summed E-state index contributed by atoms with van der Waals surface area (Å²) < 4.78 is 16.6. The molecule has 1 aromatic rings. The lowest BCUT2D eigenvalue weighted by atomic mass is 10.2. The molecule has 4 heteroatoms. The second kappa shape index (κ2) is 6.85. The molecule has 1 aromatic carbocycles. The summed E-state index contributed by atoms with van der Waals surface area (Å²) in [5.74, 6) is 0. The van der Waals surface area contributed by atoms with Gasteiger partial charge in [0.05, 0.1) is 25.9 Å². The Morgan fingerprint density at radius 1 is 1.39 bits per heavy atom. The van der Waals surface area contributed by atoms with Gasteiger partial charge in [0.2, 0.25) is 0 Å². The maximum Gasteiger partial charge on any atom is 0.160 e. The number of hydrogen-bond acceptors (Lipinski definition) is 4. The largest absolute Gasteiger partial charge is 0.394 e. The van der Waals surface area contributed by atoms with Gasteiger partial charge in [0, 0.05) is 6.42 Å². The zero-order valence-corrected chi connectivity index (χ0v) is 10.6. The minimum absolute atomic E-state index is 0.00968.